The molecule has 1 saturated heterocycles. The van der Waals surface area contributed by atoms with Gasteiger partial charge in [0.1, 0.15) is 12.4 Å². The highest BCUT2D eigenvalue weighted by Crippen LogP contribution is 2.19. The van der Waals surface area contributed by atoms with Crippen LogP contribution < -0.4 is 10.1 Å². The Balaban J connectivity index is 1.77. The maximum absolute atomic E-state index is 12.4. The minimum absolute atomic E-state index is 0.157. The SMILES string of the molecule is Cc1ccccc1OCCN(C)C(=O)C1CCNC(C)C1. The minimum atomic E-state index is 0.157. The van der Waals surface area contributed by atoms with Gasteiger partial charge in [-0.05, 0) is 44.9 Å². The highest BCUT2D eigenvalue weighted by Gasteiger charge is 2.26. The average Bonchev–Trinajstić information content (AvgIpc) is 2.48. The van der Waals surface area contributed by atoms with Gasteiger partial charge in [-0.15, -0.1) is 0 Å². The number of carbonyl (C=O) groups is 1. The van der Waals surface area contributed by atoms with E-state index in [2.05, 4.69) is 12.2 Å². The Kier molecular flexibility index (Phi) is 5.62. The number of hydrogen-bond acceptors (Lipinski definition) is 3. The second kappa shape index (κ2) is 7.46. The van der Waals surface area contributed by atoms with Crippen molar-refractivity contribution in [1.29, 1.82) is 0 Å². The molecule has 4 heteroatoms. The lowest BCUT2D eigenvalue weighted by Gasteiger charge is -2.30. The largest absolute Gasteiger partial charge is 0.491 e. The van der Waals surface area contributed by atoms with E-state index in [4.69, 9.17) is 4.74 Å². The molecule has 4 nitrogen and oxygen atoms in total. The van der Waals surface area contributed by atoms with E-state index < -0.39 is 0 Å². The maximum atomic E-state index is 12.4. The molecule has 0 aliphatic carbocycles. The molecular weight excluding hydrogens is 264 g/mol. The molecule has 0 bridgehead atoms. The Hall–Kier alpha value is -1.55. The van der Waals surface area contributed by atoms with Crippen molar-refractivity contribution in [3.8, 4) is 5.75 Å². The molecule has 1 heterocycles. The summed E-state index contributed by atoms with van der Waals surface area (Å²) in [7, 11) is 1.87. The summed E-state index contributed by atoms with van der Waals surface area (Å²) >= 11 is 0. The molecule has 2 rings (SSSR count). The standard InChI is InChI=1S/C17H26N2O2/c1-13-6-4-5-7-16(13)21-11-10-19(3)17(20)15-8-9-18-14(2)12-15/h4-7,14-15,18H,8-12H2,1-3H3. The quantitative estimate of drug-likeness (QED) is 0.904. The van der Waals surface area contributed by atoms with Crippen molar-refractivity contribution < 1.29 is 9.53 Å². The Morgan fingerprint density at radius 1 is 1.43 bits per heavy atom. The van der Waals surface area contributed by atoms with Gasteiger partial charge in [0.15, 0.2) is 0 Å². The van der Waals surface area contributed by atoms with Crippen molar-refractivity contribution in [1.82, 2.24) is 10.2 Å². The summed E-state index contributed by atoms with van der Waals surface area (Å²) in [5, 5.41) is 3.38. The average molecular weight is 290 g/mol. The summed E-state index contributed by atoms with van der Waals surface area (Å²) in [5.74, 6) is 1.30. The molecular formula is C17H26N2O2. The van der Waals surface area contributed by atoms with Crippen LogP contribution in [0, 0.1) is 12.8 Å². The summed E-state index contributed by atoms with van der Waals surface area (Å²) in [5.41, 5.74) is 1.12. The summed E-state index contributed by atoms with van der Waals surface area (Å²) in [6, 6.07) is 8.39. The summed E-state index contributed by atoms with van der Waals surface area (Å²) in [6.07, 6.45) is 1.87. The number of amides is 1. The molecule has 1 aliphatic heterocycles. The number of piperidine rings is 1. The van der Waals surface area contributed by atoms with E-state index in [1.807, 2.05) is 38.2 Å². The normalized spacial score (nSPS) is 21.9. The van der Waals surface area contributed by atoms with Gasteiger partial charge in [-0.1, -0.05) is 18.2 Å². The zero-order valence-electron chi connectivity index (χ0n) is 13.3. The van der Waals surface area contributed by atoms with Crippen molar-refractivity contribution in [3.63, 3.8) is 0 Å². The van der Waals surface area contributed by atoms with Gasteiger partial charge >= 0.3 is 0 Å². The number of benzene rings is 1. The first-order chi connectivity index (χ1) is 10.1. The van der Waals surface area contributed by atoms with Gasteiger partial charge in [-0.3, -0.25) is 4.79 Å². The van der Waals surface area contributed by atoms with Crippen molar-refractivity contribution in [2.45, 2.75) is 32.7 Å². The number of ether oxygens (including phenoxy) is 1. The van der Waals surface area contributed by atoms with Crippen LogP contribution in [0.3, 0.4) is 0 Å². The van der Waals surface area contributed by atoms with Crippen LogP contribution in [-0.2, 0) is 4.79 Å². The van der Waals surface area contributed by atoms with E-state index in [1.165, 1.54) is 0 Å². The smallest absolute Gasteiger partial charge is 0.225 e. The van der Waals surface area contributed by atoms with Gasteiger partial charge in [0.2, 0.25) is 5.91 Å². The molecule has 1 aromatic carbocycles. The Bertz CT molecular complexity index is 476. The maximum Gasteiger partial charge on any atom is 0.225 e. The first kappa shape index (κ1) is 15.8. The van der Waals surface area contributed by atoms with E-state index in [-0.39, 0.29) is 11.8 Å². The molecule has 2 unspecified atom stereocenters. The van der Waals surface area contributed by atoms with Crippen molar-refractivity contribution in [3.05, 3.63) is 29.8 Å². The minimum Gasteiger partial charge on any atom is -0.491 e. The lowest BCUT2D eigenvalue weighted by atomic mass is 9.92. The van der Waals surface area contributed by atoms with Crippen LogP contribution in [0.15, 0.2) is 24.3 Å². The number of likely N-dealkylation sites (N-methyl/N-ethyl adjacent to an activating group) is 1. The fraction of sp³-hybridized carbons (Fsp3) is 0.588. The molecule has 1 amide bonds. The van der Waals surface area contributed by atoms with Crippen LogP contribution >= 0.6 is 0 Å². The zero-order chi connectivity index (χ0) is 15.2. The third-order valence-corrected chi connectivity index (χ3v) is 4.13. The molecule has 116 valence electrons. The molecule has 0 spiro atoms. The van der Waals surface area contributed by atoms with Crippen LogP contribution in [0.5, 0.6) is 5.75 Å². The molecule has 1 N–H and O–H groups in total. The van der Waals surface area contributed by atoms with Gasteiger partial charge in [0.05, 0.1) is 6.54 Å². The number of hydrogen-bond donors (Lipinski definition) is 1. The monoisotopic (exact) mass is 290 g/mol. The second-order valence-electron chi connectivity index (χ2n) is 5.95. The highest BCUT2D eigenvalue weighted by atomic mass is 16.5. The predicted molar refractivity (Wildman–Crippen MR) is 84.5 cm³/mol. The molecule has 21 heavy (non-hydrogen) atoms. The lowest BCUT2D eigenvalue weighted by Crippen LogP contribution is -2.43. The van der Waals surface area contributed by atoms with Gasteiger partial charge in [0.25, 0.3) is 0 Å². The fourth-order valence-electron chi connectivity index (χ4n) is 2.79. The summed E-state index contributed by atoms with van der Waals surface area (Å²) in [4.78, 5) is 14.2. The third kappa shape index (κ3) is 4.46. The lowest BCUT2D eigenvalue weighted by molar-refractivity contribution is -0.135. The first-order valence-electron chi connectivity index (χ1n) is 7.74. The van der Waals surface area contributed by atoms with E-state index in [0.717, 1.165) is 30.7 Å². The molecule has 2 atom stereocenters. The van der Waals surface area contributed by atoms with Gasteiger partial charge in [-0.2, -0.15) is 0 Å². The summed E-state index contributed by atoms with van der Waals surface area (Å²) < 4.78 is 5.76. The molecule has 0 saturated carbocycles. The van der Waals surface area contributed by atoms with Gasteiger partial charge < -0.3 is 15.0 Å². The van der Waals surface area contributed by atoms with Crippen LogP contribution in [0.25, 0.3) is 0 Å². The van der Waals surface area contributed by atoms with Crippen LogP contribution in [0.2, 0.25) is 0 Å². The molecule has 1 aliphatic rings. The first-order valence-corrected chi connectivity index (χ1v) is 7.74. The molecule has 0 radical (unpaired) electrons. The summed E-state index contributed by atoms with van der Waals surface area (Å²) in [6.45, 7) is 6.27. The topological polar surface area (TPSA) is 41.6 Å². The number of nitrogens with zero attached hydrogens (tertiary/aromatic N) is 1. The van der Waals surface area contributed by atoms with Crippen molar-refractivity contribution in [2.75, 3.05) is 26.7 Å². The van der Waals surface area contributed by atoms with Crippen LogP contribution in [0.1, 0.15) is 25.3 Å². The fourth-order valence-corrected chi connectivity index (χ4v) is 2.79. The zero-order valence-corrected chi connectivity index (χ0v) is 13.3. The van der Waals surface area contributed by atoms with Gasteiger partial charge in [0, 0.05) is 19.0 Å². The Morgan fingerprint density at radius 3 is 2.90 bits per heavy atom. The second-order valence-corrected chi connectivity index (χ2v) is 5.95. The number of aryl methyl sites for hydroxylation is 1. The van der Waals surface area contributed by atoms with E-state index in [1.54, 1.807) is 4.90 Å². The van der Waals surface area contributed by atoms with E-state index >= 15 is 0 Å². The predicted octanol–water partition coefficient (Wildman–Crippen LogP) is 2.22. The van der Waals surface area contributed by atoms with Crippen molar-refractivity contribution in [2.24, 2.45) is 5.92 Å². The third-order valence-electron chi connectivity index (χ3n) is 4.13. The Morgan fingerprint density at radius 2 is 2.19 bits per heavy atom. The van der Waals surface area contributed by atoms with E-state index in [0.29, 0.717) is 19.2 Å². The number of nitrogens with one attached hydrogen (secondary N) is 1. The molecule has 0 aromatic heterocycles. The molecule has 1 fully saturated rings. The van der Waals surface area contributed by atoms with Gasteiger partial charge in [-0.25, -0.2) is 0 Å². The van der Waals surface area contributed by atoms with E-state index in [9.17, 15) is 4.79 Å². The number of para-hydroxylation sites is 1. The van der Waals surface area contributed by atoms with Crippen molar-refractivity contribution >= 4 is 5.91 Å². The molecule has 1 aromatic rings. The Labute approximate surface area is 127 Å². The van der Waals surface area contributed by atoms with Crippen LogP contribution in [0.4, 0.5) is 0 Å². The number of carbonyl (C=O) groups excluding carboxylic acids is 1. The highest BCUT2D eigenvalue weighted by molar-refractivity contribution is 5.78. The number of rotatable bonds is 5. The van der Waals surface area contributed by atoms with Crippen LogP contribution in [-0.4, -0.2) is 43.6 Å².